The minimum Gasteiger partial charge on any atom is -0.348 e. The third kappa shape index (κ3) is 3.80. The van der Waals surface area contributed by atoms with Crippen molar-refractivity contribution in [1.29, 1.82) is 0 Å². The Morgan fingerprint density at radius 3 is 2.62 bits per heavy atom. The van der Waals surface area contributed by atoms with Crippen LogP contribution in [-0.4, -0.2) is 48.1 Å². The van der Waals surface area contributed by atoms with Crippen LogP contribution in [0.1, 0.15) is 44.9 Å². The number of carbonyl (C=O) groups is 1. The number of hydrogen-bond acceptors (Lipinski definition) is 4. The zero-order valence-corrected chi connectivity index (χ0v) is 16.3. The third-order valence-electron chi connectivity index (χ3n) is 5.82. The molecule has 1 aliphatic carbocycles. The van der Waals surface area contributed by atoms with Gasteiger partial charge in [-0.05, 0) is 37.8 Å². The number of carbonyl (C=O) groups excluding carboxylic acids is 1. The van der Waals surface area contributed by atoms with Gasteiger partial charge in [-0.2, -0.15) is 0 Å². The summed E-state index contributed by atoms with van der Waals surface area (Å²) >= 11 is 1.76. The maximum Gasteiger partial charge on any atom is 0.317 e. The number of aromatic nitrogens is 1. The number of anilines is 1. The SMILES string of the molecule is CN(C(=O)NC1CCN(c2nc3ccccc3s2)CC1)C1CCCCC1. The van der Waals surface area contributed by atoms with Crippen molar-refractivity contribution in [2.45, 2.75) is 57.0 Å². The predicted octanol–water partition coefficient (Wildman–Crippen LogP) is 4.24. The molecule has 0 radical (unpaired) electrons. The molecule has 5 nitrogen and oxygen atoms in total. The van der Waals surface area contributed by atoms with Crippen molar-refractivity contribution in [2.24, 2.45) is 0 Å². The molecule has 6 heteroatoms. The number of rotatable bonds is 3. The molecule has 4 rings (SSSR count). The van der Waals surface area contributed by atoms with Crippen LogP contribution in [-0.2, 0) is 0 Å². The lowest BCUT2D eigenvalue weighted by Crippen LogP contribution is -2.51. The van der Waals surface area contributed by atoms with Crippen molar-refractivity contribution in [3.8, 4) is 0 Å². The lowest BCUT2D eigenvalue weighted by atomic mass is 9.95. The van der Waals surface area contributed by atoms with Crippen LogP contribution >= 0.6 is 11.3 Å². The number of nitrogens with zero attached hydrogens (tertiary/aromatic N) is 3. The summed E-state index contributed by atoms with van der Waals surface area (Å²) in [5, 5.41) is 4.36. The number of para-hydroxylation sites is 1. The second-order valence-corrected chi connectivity index (χ2v) is 8.59. The fraction of sp³-hybridized carbons (Fsp3) is 0.600. The van der Waals surface area contributed by atoms with E-state index in [4.69, 9.17) is 4.98 Å². The van der Waals surface area contributed by atoms with E-state index in [0.29, 0.717) is 6.04 Å². The Balaban J connectivity index is 1.29. The maximum atomic E-state index is 12.6. The van der Waals surface area contributed by atoms with Crippen molar-refractivity contribution in [1.82, 2.24) is 15.2 Å². The molecule has 1 aromatic carbocycles. The largest absolute Gasteiger partial charge is 0.348 e. The Labute approximate surface area is 159 Å². The van der Waals surface area contributed by atoms with E-state index in [2.05, 4.69) is 28.4 Å². The van der Waals surface area contributed by atoms with Crippen LogP contribution in [0.15, 0.2) is 24.3 Å². The Kier molecular flexibility index (Phi) is 5.29. The molecule has 0 spiro atoms. The van der Waals surface area contributed by atoms with Crippen LogP contribution in [0.2, 0.25) is 0 Å². The van der Waals surface area contributed by atoms with Crippen LogP contribution < -0.4 is 10.2 Å². The van der Waals surface area contributed by atoms with Crippen molar-refractivity contribution >= 4 is 32.7 Å². The van der Waals surface area contributed by atoms with Gasteiger partial charge in [0.15, 0.2) is 5.13 Å². The number of hydrogen-bond donors (Lipinski definition) is 1. The summed E-state index contributed by atoms with van der Waals surface area (Å²) in [6.45, 7) is 1.91. The highest BCUT2D eigenvalue weighted by Gasteiger charge is 2.26. The molecule has 1 saturated carbocycles. The molecule has 1 N–H and O–H groups in total. The molecule has 2 fully saturated rings. The maximum absolute atomic E-state index is 12.6. The molecule has 2 heterocycles. The normalized spacial score (nSPS) is 19.7. The third-order valence-corrected chi connectivity index (χ3v) is 6.92. The van der Waals surface area contributed by atoms with Gasteiger partial charge in [-0.3, -0.25) is 0 Å². The van der Waals surface area contributed by atoms with Crippen LogP contribution in [0.25, 0.3) is 10.2 Å². The topological polar surface area (TPSA) is 48.5 Å². The summed E-state index contributed by atoms with van der Waals surface area (Å²) in [7, 11) is 1.96. The van der Waals surface area contributed by atoms with Gasteiger partial charge in [-0.25, -0.2) is 9.78 Å². The van der Waals surface area contributed by atoms with E-state index in [9.17, 15) is 4.79 Å². The van der Waals surface area contributed by atoms with Crippen molar-refractivity contribution in [3.05, 3.63) is 24.3 Å². The molecular formula is C20H28N4OS. The highest BCUT2D eigenvalue weighted by Crippen LogP contribution is 2.30. The molecular weight excluding hydrogens is 344 g/mol. The summed E-state index contributed by atoms with van der Waals surface area (Å²) in [5.41, 5.74) is 1.08. The minimum atomic E-state index is 0.107. The van der Waals surface area contributed by atoms with Gasteiger partial charge in [0.1, 0.15) is 0 Å². The number of benzene rings is 1. The van der Waals surface area contributed by atoms with Crippen LogP contribution in [0.4, 0.5) is 9.93 Å². The van der Waals surface area contributed by atoms with Gasteiger partial charge in [0, 0.05) is 32.2 Å². The van der Waals surface area contributed by atoms with Gasteiger partial charge in [0.05, 0.1) is 10.2 Å². The van der Waals surface area contributed by atoms with E-state index in [-0.39, 0.29) is 12.1 Å². The number of amides is 2. The molecule has 1 aliphatic heterocycles. The van der Waals surface area contributed by atoms with Gasteiger partial charge in [0.25, 0.3) is 0 Å². The van der Waals surface area contributed by atoms with Crippen molar-refractivity contribution < 1.29 is 4.79 Å². The van der Waals surface area contributed by atoms with Gasteiger partial charge in [-0.1, -0.05) is 42.7 Å². The highest BCUT2D eigenvalue weighted by atomic mass is 32.1. The molecule has 2 aromatic rings. The molecule has 1 saturated heterocycles. The summed E-state index contributed by atoms with van der Waals surface area (Å²) < 4.78 is 1.24. The quantitative estimate of drug-likeness (QED) is 0.877. The fourth-order valence-electron chi connectivity index (χ4n) is 4.12. The summed E-state index contributed by atoms with van der Waals surface area (Å²) in [6.07, 6.45) is 8.10. The van der Waals surface area contributed by atoms with E-state index in [1.807, 2.05) is 18.0 Å². The first kappa shape index (κ1) is 17.6. The number of nitrogens with one attached hydrogen (secondary N) is 1. The average Bonchev–Trinajstić information content (AvgIpc) is 3.13. The van der Waals surface area contributed by atoms with Crippen molar-refractivity contribution in [2.75, 3.05) is 25.0 Å². The predicted molar refractivity (Wildman–Crippen MR) is 108 cm³/mol. The van der Waals surface area contributed by atoms with E-state index in [1.165, 1.54) is 24.0 Å². The van der Waals surface area contributed by atoms with E-state index in [1.54, 1.807) is 11.3 Å². The van der Waals surface area contributed by atoms with E-state index < -0.39 is 0 Å². The first-order valence-electron chi connectivity index (χ1n) is 9.84. The highest BCUT2D eigenvalue weighted by molar-refractivity contribution is 7.22. The molecule has 140 valence electrons. The second-order valence-electron chi connectivity index (χ2n) is 7.58. The Hall–Kier alpha value is -1.82. The number of urea groups is 1. The van der Waals surface area contributed by atoms with E-state index >= 15 is 0 Å². The first-order valence-corrected chi connectivity index (χ1v) is 10.7. The molecule has 0 unspecified atom stereocenters. The number of thiazole rings is 1. The number of piperidine rings is 1. The zero-order valence-electron chi connectivity index (χ0n) is 15.5. The smallest absolute Gasteiger partial charge is 0.317 e. The van der Waals surface area contributed by atoms with E-state index in [0.717, 1.165) is 49.4 Å². The zero-order chi connectivity index (χ0) is 17.9. The fourth-order valence-corrected chi connectivity index (χ4v) is 5.14. The first-order chi connectivity index (χ1) is 12.7. The van der Waals surface area contributed by atoms with Gasteiger partial charge >= 0.3 is 6.03 Å². The lowest BCUT2D eigenvalue weighted by molar-refractivity contribution is 0.168. The van der Waals surface area contributed by atoms with Crippen LogP contribution in [0, 0.1) is 0 Å². The second kappa shape index (κ2) is 7.82. The molecule has 1 aromatic heterocycles. The Morgan fingerprint density at radius 1 is 1.15 bits per heavy atom. The number of fused-ring (bicyclic) bond motifs is 1. The summed E-state index contributed by atoms with van der Waals surface area (Å²) in [6, 6.07) is 9.11. The lowest BCUT2D eigenvalue weighted by Gasteiger charge is -2.35. The summed E-state index contributed by atoms with van der Waals surface area (Å²) in [4.78, 5) is 21.6. The van der Waals surface area contributed by atoms with Gasteiger partial charge < -0.3 is 15.1 Å². The molecule has 2 amide bonds. The monoisotopic (exact) mass is 372 g/mol. The molecule has 0 atom stereocenters. The van der Waals surface area contributed by atoms with Gasteiger partial charge in [0.2, 0.25) is 0 Å². The summed E-state index contributed by atoms with van der Waals surface area (Å²) in [5.74, 6) is 0. The van der Waals surface area contributed by atoms with Crippen molar-refractivity contribution in [3.63, 3.8) is 0 Å². The Bertz CT molecular complexity index is 714. The standard InChI is InChI=1S/C20H28N4OS/c1-23(16-7-3-2-4-8-16)19(25)21-15-11-13-24(14-12-15)20-22-17-9-5-6-10-18(17)26-20/h5-6,9-10,15-16H,2-4,7-8,11-14H2,1H3,(H,21,25). The van der Waals surface area contributed by atoms with Gasteiger partial charge in [-0.15, -0.1) is 0 Å². The molecule has 2 aliphatic rings. The molecule has 0 bridgehead atoms. The van der Waals surface area contributed by atoms with Crippen LogP contribution in [0.3, 0.4) is 0 Å². The molecule has 26 heavy (non-hydrogen) atoms. The Morgan fingerprint density at radius 2 is 1.88 bits per heavy atom. The minimum absolute atomic E-state index is 0.107. The average molecular weight is 373 g/mol. The van der Waals surface area contributed by atoms with Crippen LogP contribution in [0.5, 0.6) is 0 Å².